The van der Waals surface area contributed by atoms with Crippen LogP contribution in [0.15, 0.2) is 65.8 Å². The normalized spacial score (nSPS) is 36.3. The Kier molecular flexibility index (Phi) is 9.08. The highest BCUT2D eigenvalue weighted by Crippen LogP contribution is 2.77. The van der Waals surface area contributed by atoms with Gasteiger partial charge in [0, 0.05) is 41.9 Å². The van der Waals surface area contributed by atoms with Crippen LogP contribution in [0.2, 0.25) is 0 Å². The molecular formula is C37H48O8. The van der Waals surface area contributed by atoms with Gasteiger partial charge in [0.2, 0.25) is 0 Å². The average Bonchev–Trinajstić information content (AvgIpc) is 3.44. The minimum Gasteiger partial charge on any atom is -0.454 e. The van der Waals surface area contributed by atoms with Gasteiger partial charge in [0.15, 0.2) is 11.4 Å². The van der Waals surface area contributed by atoms with Gasteiger partial charge in [-0.05, 0) is 49.5 Å². The summed E-state index contributed by atoms with van der Waals surface area (Å²) in [7, 11) is 0. The van der Waals surface area contributed by atoms with Crippen molar-refractivity contribution in [2.24, 2.45) is 29.1 Å². The number of aliphatic hydroxyl groups excluding tert-OH is 1. The first-order chi connectivity index (χ1) is 21.3. The molecule has 0 unspecified atom stereocenters. The highest BCUT2D eigenvalue weighted by Gasteiger charge is 2.88. The van der Waals surface area contributed by atoms with Gasteiger partial charge in [-0.2, -0.15) is 0 Å². The van der Waals surface area contributed by atoms with Gasteiger partial charge in [0.1, 0.15) is 11.7 Å². The van der Waals surface area contributed by atoms with E-state index < -0.39 is 76.3 Å². The van der Waals surface area contributed by atoms with Crippen molar-refractivity contribution >= 4 is 17.7 Å². The Morgan fingerprint density at radius 3 is 2.40 bits per heavy atom. The van der Waals surface area contributed by atoms with Crippen LogP contribution < -0.4 is 0 Å². The summed E-state index contributed by atoms with van der Waals surface area (Å²) in [5, 5.41) is 35.1. The summed E-state index contributed by atoms with van der Waals surface area (Å²) in [4.78, 5) is 40.5. The van der Waals surface area contributed by atoms with Crippen LogP contribution in [0.25, 0.3) is 0 Å². The van der Waals surface area contributed by atoms with E-state index in [9.17, 15) is 29.7 Å². The molecule has 45 heavy (non-hydrogen) atoms. The molecule has 1 aromatic rings. The molecule has 0 aliphatic heterocycles. The summed E-state index contributed by atoms with van der Waals surface area (Å²) >= 11 is 0. The summed E-state index contributed by atoms with van der Waals surface area (Å²) < 4.78 is 12.7. The zero-order valence-corrected chi connectivity index (χ0v) is 27.1. The van der Waals surface area contributed by atoms with Crippen molar-refractivity contribution in [3.05, 3.63) is 71.3 Å². The molecule has 8 heteroatoms. The summed E-state index contributed by atoms with van der Waals surface area (Å²) in [5.74, 6) is -4.68. The second-order valence-electron chi connectivity index (χ2n) is 14.1. The fourth-order valence-electron chi connectivity index (χ4n) is 8.77. The quantitative estimate of drug-likeness (QED) is 0.174. The SMILES string of the molecule is CCCCC/C=C/CCC(=O)O[C@@]12[C@H](OC(=O)c3ccccc3)[C@@H](C)[C@@]3(O)[C@@H](C=C(CO)C[C@]4(O)C(=O)C(C)=C[C@@H]34)[C@@H]1C2(C)C. The molecule has 5 rings (SSSR count). The van der Waals surface area contributed by atoms with Crippen molar-refractivity contribution in [1.82, 2.24) is 0 Å². The summed E-state index contributed by atoms with van der Waals surface area (Å²) in [6, 6.07) is 8.51. The van der Waals surface area contributed by atoms with Crippen molar-refractivity contribution in [3.63, 3.8) is 0 Å². The largest absolute Gasteiger partial charge is 0.454 e. The van der Waals surface area contributed by atoms with Gasteiger partial charge in [-0.25, -0.2) is 4.79 Å². The smallest absolute Gasteiger partial charge is 0.338 e. The van der Waals surface area contributed by atoms with Crippen LogP contribution in [-0.2, 0) is 19.1 Å². The number of ether oxygens (including phenoxy) is 2. The first-order valence-electron chi connectivity index (χ1n) is 16.4. The number of allylic oxidation sites excluding steroid dienone is 2. The van der Waals surface area contributed by atoms with Crippen molar-refractivity contribution in [2.45, 2.75) is 102 Å². The highest BCUT2D eigenvalue weighted by molar-refractivity contribution is 6.04. The molecule has 2 fully saturated rings. The van der Waals surface area contributed by atoms with Crippen LogP contribution in [0.1, 0.15) is 89.9 Å². The molecule has 2 saturated carbocycles. The Morgan fingerprint density at radius 1 is 1.04 bits per heavy atom. The number of rotatable bonds is 11. The number of ketones is 1. The molecule has 0 saturated heterocycles. The van der Waals surface area contributed by atoms with Crippen LogP contribution in [0.4, 0.5) is 0 Å². The maximum atomic E-state index is 13.6. The lowest BCUT2D eigenvalue weighted by molar-refractivity contribution is -0.219. The molecule has 0 spiro atoms. The van der Waals surface area contributed by atoms with E-state index in [-0.39, 0.29) is 12.8 Å². The molecule has 0 heterocycles. The molecule has 3 N–H and O–H groups in total. The van der Waals surface area contributed by atoms with E-state index in [0.717, 1.165) is 25.7 Å². The van der Waals surface area contributed by atoms with Crippen molar-refractivity contribution < 1.29 is 39.2 Å². The van der Waals surface area contributed by atoms with E-state index in [1.165, 1.54) is 0 Å². The van der Waals surface area contributed by atoms with Gasteiger partial charge < -0.3 is 24.8 Å². The predicted octanol–water partition coefficient (Wildman–Crippen LogP) is 5.26. The average molecular weight is 621 g/mol. The number of Topliss-reactive ketones (excluding diaryl/α,β-unsaturated/α-hetero) is 1. The van der Waals surface area contributed by atoms with Crippen molar-refractivity contribution in [3.8, 4) is 0 Å². The predicted molar refractivity (Wildman–Crippen MR) is 169 cm³/mol. The molecule has 0 bridgehead atoms. The molecule has 1 aromatic carbocycles. The number of hydrogen-bond acceptors (Lipinski definition) is 8. The third kappa shape index (κ3) is 5.23. The Morgan fingerprint density at radius 2 is 1.73 bits per heavy atom. The lowest BCUT2D eigenvalue weighted by Gasteiger charge is -2.53. The first-order valence-corrected chi connectivity index (χ1v) is 16.4. The monoisotopic (exact) mass is 620 g/mol. The number of aliphatic hydroxyl groups is 3. The third-order valence-corrected chi connectivity index (χ3v) is 11.1. The van der Waals surface area contributed by atoms with E-state index in [4.69, 9.17) is 9.47 Å². The lowest BCUT2D eigenvalue weighted by atomic mass is 9.59. The zero-order valence-electron chi connectivity index (χ0n) is 27.1. The van der Waals surface area contributed by atoms with Gasteiger partial charge in [0.05, 0.1) is 17.8 Å². The Bertz CT molecular complexity index is 1410. The molecule has 8 nitrogen and oxygen atoms in total. The molecule has 244 valence electrons. The van der Waals surface area contributed by atoms with Gasteiger partial charge in [-0.3, -0.25) is 9.59 Å². The third-order valence-electron chi connectivity index (χ3n) is 11.1. The van der Waals surface area contributed by atoms with Gasteiger partial charge in [-0.15, -0.1) is 0 Å². The van der Waals surface area contributed by atoms with Crippen LogP contribution in [0.5, 0.6) is 0 Å². The maximum absolute atomic E-state index is 13.6. The van der Waals surface area contributed by atoms with E-state index in [1.807, 2.05) is 19.9 Å². The van der Waals surface area contributed by atoms with E-state index in [1.54, 1.807) is 56.3 Å². The molecule has 4 aliphatic rings. The van der Waals surface area contributed by atoms with E-state index in [2.05, 4.69) is 13.0 Å². The molecular weight excluding hydrogens is 572 g/mol. The maximum Gasteiger partial charge on any atom is 0.338 e. The Labute approximate surface area is 266 Å². The van der Waals surface area contributed by atoms with Gasteiger partial charge in [0.25, 0.3) is 0 Å². The molecule has 0 aromatic heterocycles. The zero-order chi connectivity index (χ0) is 32.8. The summed E-state index contributed by atoms with van der Waals surface area (Å²) in [5.41, 5.74) is -4.70. The van der Waals surface area contributed by atoms with Crippen molar-refractivity contribution in [1.29, 1.82) is 0 Å². The minimum atomic E-state index is -1.97. The number of carbonyl (C=O) groups excluding carboxylic acids is 3. The Balaban J connectivity index is 1.55. The lowest BCUT2D eigenvalue weighted by Crippen LogP contribution is -2.66. The minimum absolute atomic E-state index is 0.134. The number of carbonyl (C=O) groups is 3. The van der Waals surface area contributed by atoms with Gasteiger partial charge in [-0.1, -0.05) is 83.0 Å². The van der Waals surface area contributed by atoms with E-state index >= 15 is 0 Å². The van der Waals surface area contributed by atoms with Crippen molar-refractivity contribution in [2.75, 3.05) is 6.61 Å². The fraction of sp³-hybridized carbons (Fsp3) is 0.595. The second kappa shape index (κ2) is 12.3. The van der Waals surface area contributed by atoms with Crippen LogP contribution in [-0.4, -0.2) is 62.6 Å². The summed E-state index contributed by atoms with van der Waals surface area (Å²) in [6.45, 7) is 8.97. The van der Waals surface area contributed by atoms with Gasteiger partial charge >= 0.3 is 11.9 Å². The van der Waals surface area contributed by atoms with Crippen LogP contribution in [0.3, 0.4) is 0 Å². The number of esters is 2. The fourth-order valence-corrected chi connectivity index (χ4v) is 8.77. The number of hydrogen-bond donors (Lipinski definition) is 3. The standard InChI is InChI=1S/C37H48O8/c1-6-7-8-9-10-11-15-18-29(39)45-37-30(34(37,4)5)27-20-25(22-38)21-35(42)28(19-23(2)31(35)40)36(27,43)24(3)32(37)44-33(41)26-16-13-12-14-17-26/h10-14,16-17,19-20,24,27-28,30,32,38,42-43H,6-9,15,18,21-22H2,1-5H3/b11-10+/t24-,27+,28-,30-,32-,35-,36-,37-/m1/s1. The number of benzene rings is 1. The Hall–Kier alpha value is -3.07. The highest BCUT2D eigenvalue weighted by atomic mass is 16.6. The molecule has 8 atom stereocenters. The number of fused-ring (bicyclic) bond motifs is 5. The van der Waals surface area contributed by atoms with Crippen LogP contribution in [0, 0.1) is 29.1 Å². The molecule has 0 amide bonds. The van der Waals surface area contributed by atoms with Crippen LogP contribution >= 0.6 is 0 Å². The second-order valence-corrected chi connectivity index (χ2v) is 14.1. The summed E-state index contributed by atoms with van der Waals surface area (Å²) in [6.07, 6.45) is 11.3. The topological polar surface area (TPSA) is 130 Å². The molecule has 0 radical (unpaired) electrons. The van der Waals surface area contributed by atoms with E-state index in [0.29, 0.717) is 23.1 Å². The first kappa shape index (κ1) is 33.3. The number of unbranched alkanes of at least 4 members (excludes halogenated alkanes) is 3. The molecule has 4 aliphatic carbocycles.